The first-order valence-corrected chi connectivity index (χ1v) is 8.38. The van der Waals surface area contributed by atoms with Crippen molar-refractivity contribution in [2.24, 2.45) is 5.41 Å². The van der Waals surface area contributed by atoms with Gasteiger partial charge in [-0.05, 0) is 45.6 Å². The van der Waals surface area contributed by atoms with Gasteiger partial charge in [0.1, 0.15) is 12.2 Å². The van der Waals surface area contributed by atoms with Gasteiger partial charge < -0.3 is 10.1 Å². The lowest BCUT2D eigenvalue weighted by atomic mass is 9.90. The number of nitrogens with one attached hydrogen (secondary N) is 1. The van der Waals surface area contributed by atoms with Crippen LogP contribution in [0, 0.1) is 16.7 Å². The van der Waals surface area contributed by atoms with Gasteiger partial charge in [0, 0.05) is 24.2 Å². The minimum Gasteiger partial charge on any atom is -0.474 e. The number of hydrogen-bond acceptors (Lipinski definition) is 4. The predicted molar refractivity (Wildman–Crippen MR) is 88.3 cm³/mol. The van der Waals surface area contributed by atoms with E-state index in [1.807, 2.05) is 19.9 Å². The molecule has 0 aliphatic heterocycles. The van der Waals surface area contributed by atoms with Crippen LogP contribution in [-0.2, 0) is 4.79 Å². The van der Waals surface area contributed by atoms with E-state index in [9.17, 15) is 4.79 Å². The molecule has 23 heavy (non-hydrogen) atoms. The Morgan fingerprint density at radius 1 is 1.43 bits per heavy atom. The summed E-state index contributed by atoms with van der Waals surface area (Å²) in [6.45, 7) is 3.70. The van der Waals surface area contributed by atoms with E-state index in [2.05, 4.69) is 10.3 Å². The lowest BCUT2D eigenvalue weighted by Crippen LogP contribution is -2.46. The highest BCUT2D eigenvalue weighted by atomic mass is 35.5. The first kappa shape index (κ1) is 17.6. The number of aromatic nitrogens is 1. The first-order chi connectivity index (χ1) is 10.9. The molecule has 0 spiro atoms. The summed E-state index contributed by atoms with van der Waals surface area (Å²) in [5, 5.41) is 11.8. The van der Waals surface area contributed by atoms with Crippen molar-refractivity contribution in [1.82, 2.24) is 10.3 Å². The Kier molecular flexibility index (Phi) is 5.84. The van der Waals surface area contributed by atoms with Crippen molar-refractivity contribution < 1.29 is 9.53 Å². The van der Waals surface area contributed by atoms with Gasteiger partial charge in [0.25, 0.3) is 0 Å². The molecule has 0 bridgehead atoms. The van der Waals surface area contributed by atoms with Gasteiger partial charge in [-0.2, -0.15) is 5.26 Å². The van der Waals surface area contributed by atoms with Crippen LogP contribution in [0.15, 0.2) is 18.3 Å². The molecule has 5 nitrogen and oxygen atoms in total. The number of nitriles is 1. The third-order valence-electron chi connectivity index (χ3n) is 4.11. The zero-order valence-corrected chi connectivity index (χ0v) is 14.3. The molecule has 2 rings (SSSR count). The van der Waals surface area contributed by atoms with Crippen molar-refractivity contribution in [2.45, 2.75) is 51.7 Å². The van der Waals surface area contributed by atoms with Crippen LogP contribution in [0.2, 0.25) is 0 Å². The quantitative estimate of drug-likeness (QED) is 0.839. The Hall–Kier alpha value is -1.80. The van der Waals surface area contributed by atoms with Crippen LogP contribution in [0.5, 0.6) is 5.88 Å². The van der Waals surface area contributed by atoms with Crippen LogP contribution in [0.4, 0.5) is 0 Å². The second-order valence-electron chi connectivity index (χ2n) is 6.58. The molecule has 0 unspecified atom stereocenters. The summed E-state index contributed by atoms with van der Waals surface area (Å²) >= 11 is 5.83. The zero-order valence-electron chi connectivity index (χ0n) is 13.5. The third-order valence-corrected chi connectivity index (χ3v) is 4.78. The van der Waals surface area contributed by atoms with E-state index in [4.69, 9.17) is 21.6 Å². The fraction of sp³-hybridized carbons (Fsp3) is 0.588. The van der Waals surface area contributed by atoms with Crippen molar-refractivity contribution in [1.29, 1.82) is 5.26 Å². The van der Waals surface area contributed by atoms with Gasteiger partial charge in [-0.3, -0.25) is 4.79 Å². The Morgan fingerprint density at radius 3 is 2.65 bits per heavy atom. The number of carbonyl (C=O) groups excluding carboxylic acids is 1. The van der Waals surface area contributed by atoms with Gasteiger partial charge in [0.05, 0.1) is 11.0 Å². The van der Waals surface area contributed by atoms with E-state index in [-0.39, 0.29) is 18.1 Å². The lowest BCUT2D eigenvalue weighted by molar-refractivity contribution is -0.129. The van der Waals surface area contributed by atoms with Crippen molar-refractivity contribution in [3.63, 3.8) is 0 Å². The molecule has 1 aliphatic carbocycles. The van der Waals surface area contributed by atoms with Crippen LogP contribution in [0.1, 0.15) is 45.1 Å². The summed E-state index contributed by atoms with van der Waals surface area (Å²) in [6.07, 6.45) is 5.11. The normalized spacial score (nSPS) is 21.3. The van der Waals surface area contributed by atoms with Gasteiger partial charge in [-0.25, -0.2) is 4.98 Å². The average Bonchev–Trinajstić information content (AvgIpc) is 2.57. The molecule has 1 saturated carbocycles. The second kappa shape index (κ2) is 7.65. The maximum absolute atomic E-state index is 12.1. The summed E-state index contributed by atoms with van der Waals surface area (Å²) in [5.41, 5.74) is -0.0212. The minimum atomic E-state index is -0.540. The Labute approximate surface area is 142 Å². The molecule has 1 fully saturated rings. The smallest absolute Gasteiger partial charge is 0.227 e. The summed E-state index contributed by atoms with van der Waals surface area (Å²) in [7, 11) is 0. The number of carbonyl (C=O) groups is 1. The maximum atomic E-state index is 12.1. The number of halogens is 1. The van der Waals surface area contributed by atoms with Crippen molar-refractivity contribution in [3.8, 4) is 11.9 Å². The fourth-order valence-corrected chi connectivity index (χ4v) is 2.57. The van der Waals surface area contributed by atoms with E-state index < -0.39 is 5.41 Å². The largest absolute Gasteiger partial charge is 0.474 e. The summed E-state index contributed by atoms with van der Waals surface area (Å²) in [6, 6.07) is 5.62. The van der Waals surface area contributed by atoms with Gasteiger partial charge >= 0.3 is 0 Å². The molecule has 1 aliphatic rings. The van der Waals surface area contributed by atoms with E-state index >= 15 is 0 Å². The highest BCUT2D eigenvalue weighted by Gasteiger charge is 2.30. The molecule has 0 saturated heterocycles. The minimum absolute atomic E-state index is 0.00521. The van der Waals surface area contributed by atoms with Crippen molar-refractivity contribution in [3.05, 3.63) is 23.9 Å². The molecular formula is C17H22ClN3O2. The Balaban J connectivity index is 1.79. The molecule has 0 atom stereocenters. The van der Waals surface area contributed by atoms with Gasteiger partial charge in [-0.15, -0.1) is 11.6 Å². The number of nitrogens with zero attached hydrogens (tertiary/aromatic N) is 2. The highest BCUT2D eigenvalue weighted by Crippen LogP contribution is 2.24. The summed E-state index contributed by atoms with van der Waals surface area (Å²) in [4.78, 5) is 16.3. The summed E-state index contributed by atoms with van der Waals surface area (Å²) in [5.74, 6) is 0.854. The monoisotopic (exact) mass is 335 g/mol. The zero-order chi connectivity index (χ0) is 16.9. The van der Waals surface area contributed by atoms with E-state index in [0.29, 0.717) is 17.3 Å². The van der Waals surface area contributed by atoms with Crippen LogP contribution >= 0.6 is 11.6 Å². The number of amides is 1. The topological polar surface area (TPSA) is 75.0 Å². The summed E-state index contributed by atoms with van der Waals surface area (Å²) < 4.78 is 5.84. The third kappa shape index (κ3) is 4.84. The Bertz CT molecular complexity index is 572. The maximum Gasteiger partial charge on any atom is 0.227 e. The van der Waals surface area contributed by atoms with Crippen molar-refractivity contribution >= 4 is 17.5 Å². The number of rotatable bonds is 5. The molecular weight excluding hydrogens is 314 g/mol. The lowest BCUT2D eigenvalue weighted by Gasteiger charge is -2.31. The first-order valence-electron chi connectivity index (χ1n) is 7.84. The standard InChI is InChI=1S/C17H22ClN3O2/c1-17(2,11-18)16(22)21-13-4-6-14(7-5-13)23-15-8-3-12(9-19)10-20-15/h3,8,10,13-14H,4-7,11H2,1-2H3,(H,21,22). The number of alkyl halides is 1. The van der Waals surface area contributed by atoms with E-state index in [1.165, 1.54) is 6.20 Å². The second-order valence-corrected chi connectivity index (χ2v) is 6.85. The Morgan fingerprint density at radius 2 is 2.13 bits per heavy atom. The molecule has 124 valence electrons. The van der Waals surface area contributed by atoms with Crippen molar-refractivity contribution in [2.75, 3.05) is 5.88 Å². The molecule has 6 heteroatoms. The molecule has 0 aromatic carbocycles. The average molecular weight is 336 g/mol. The van der Waals surface area contributed by atoms with Gasteiger partial charge in [-0.1, -0.05) is 0 Å². The highest BCUT2D eigenvalue weighted by molar-refractivity contribution is 6.19. The van der Waals surface area contributed by atoms with Crippen LogP contribution in [0.3, 0.4) is 0 Å². The molecule has 1 aromatic rings. The van der Waals surface area contributed by atoms with Gasteiger partial charge in [0.15, 0.2) is 0 Å². The fourth-order valence-electron chi connectivity index (χ4n) is 2.45. The SMILES string of the molecule is CC(C)(CCl)C(=O)NC1CCC(Oc2ccc(C#N)cn2)CC1. The van der Waals surface area contributed by atoms with Gasteiger partial charge in [0.2, 0.25) is 11.8 Å². The molecule has 1 amide bonds. The van der Waals surface area contributed by atoms with Crippen LogP contribution in [0.25, 0.3) is 0 Å². The number of ether oxygens (including phenoxy) is 1. The number of hydrogen-bond donors (Lipinski definition) is 1. The van der Waals surface area contributed by atoms with E-state index in [1.54, 1.807) is 12.1 Å². The predicted octanol–water partition coefficient (Wildman–Crippen LogP) is 3.02. The molecule has 1 heterocycles. The number of pyridine rings is 1. The molecule has 1 N–H and O–H groups in total. The van der Waals surface area contributed by atoms with Crippen LogP contribution < -0.4 is 10.1 Å². The molecule has 1 aromatic heterocycles. The van der Waals surface area contributed by atoms with E-state index in [0.717, 1.165) is 25.7 Å². The van der Waals surface area contributed by atoms with Crippen LogP contribution in [-0.4, -0.2) is 28.9 Å². The molecule has 0 radical (unpaired) electrons.